The summed E-state index contributed by atoms with van der Waals surface area (Å²) in [6.45, 7) is 14.7. The highest BCUT2D eigenvalue weighted by molar-refractivity contribution is 4.74. The van der Waals surface area contributed by atoms with Gasteiger partial charge in [0.25, 0.3) is 0 Å². The van der Waals surface area contributed by atoms with Gasteiger partial charge in [0.2, 0.25) is 0 Å². The molecule has 2 heteroatoms. The molecule has 0 fully saturated rings. The Hall–Kier alpha value is -0.0800. The summed E-state index contributed by atoms with van der Waals surface area (Å²) >= 11 is 0. The second-order valence-corrected chi connectivity index (χ2v) is 5.08. The van der Waals surface area contributed by atoms with Crippen LogP contribution in [0.2, 0.25) is 0 Å². The van der Waals surface area contributed by atoms with E-state index in [4.69, 9.17) is 5.73 Å². The van der Waals surface area contributed by atoms with Crippen LogP contribution < -0.4 is 5.73 Å². The third-order valence-electron chi connectivity index (χ3n) is 3.96. The summed E-state index contributed by atoms with van der Waals surface area (Å²) in [5.41, 5.74) is 6.22. The van der Waals surface area contributed by atoms with Gasteiger partial charge in [0.05, 0.1) is 0 Å². The van der Waals surface area contributed by atoms with Crippen LogP contribution in [0.25, 0.3) is 0 Å². The van der Waals surface area contributed by atoms with Gasteiger partial charge in [-0.15, -0.1) is 0 Å². The summed E-state index contributed by atoms with van der Waals surface area (Å²) in [4.78, 5) is 2.52. The average Bonchev–Trinajstić information content (AvgIpc) is 2.32. The summed E-state index contributed by atoms with van der Waals surface area (Å²) in [7, 11) is 0. The Bertz CT molecular complexity index is 155. The van der Waals surface area contributed by atoms with E-state index in [1.54, 1.807) is 0 Å². The van der Waals surface area contributed by atoms with Crippen LogP contribution in [0.3, 0.4) is 0 Å². The van der Waals surface area contributed by atoms with E-state index in [-0.39, 0.29) is 0 Å². The quantitative estimate of drug-likeness (QED) is 0.657. The predicted molar refractivity (Wildman–Crippen MR) is 73.6 cm³/mol. The zero-order valence-corrected chi connectivity index (χ0v) is 12.0. The molecule has 0 radical (unpaired) electrons. The van der Waals surface area contributed by atoms with Crippen molar-refractivity contribution in [2.24, 2.45) is 17.6 Å². The fraction of sp³-hybridized carbons (Fsp3) is 1.00. The van der Waals surface area contributed by atoms with Crippen LogP contribution in [-0.4, -0.2) is 30.6 Å². The number of rotatable bonds is 9. The molecule has 0 heterocycles. The summed E-state index contributed by atoms with van der Waals surface area (Å²) in [5, 5.41) is 0. The molecule has 98 valence electrons. The number of hydrogen-bond acceptors (Lipinski definition) is 2. The molecule has 0 amide bonds. The minimum Gasteiger partial charge on any atom is -0.326 e. The van der Waals surface area contributed by atoms with Crippen molar-refractivity contribution in [3.63, 3.8) is 0 Å². The van der Waals surface area contributed by atoms with Gasteiger partial charge in [0.1, 0.15) is 0 Å². The number of likely N-dealkylation sites (N-methyl/N-ethyl adjacent to an activating group) is 1. The third-order valence-corrected chi connectivity index (χ3v) is 3.96. The largest absolute Gasteiger partial charge is 0.326 e. The van der Waals surface area contributed by atoms with Crippen molar-refractivity contribution in [3.05, 3.63) is 0 Å². The van der Waals surface area contributed by atoms with E-state index in [0.29, 0.717) is 12.0 Å². The summed E-state index contributed by atoms with van der Waals surface area (Å²) in [5.74, 6) is 1.47. The maximum atomic E-state index is 6.22. The van der Waals surface area contributed by atoms with E-state index in [2.05, 4.69) is 39.5 Å². The molecule has 2 unspecified atom stereocenters. The van der Waals surface area contributed by atoms with Gasteiger partial charge in [-0.2, -0.15) is 0 Å². The normalized spacial score (nSPS) is 15.8. The lowest BCUT2D eigenvalue weighted by Gasteiger charge is -2.30. The molecule has 16 heavy (non-hydrogen) atoms. The first-order chi connectivity index (χ1) is 7.58. The van der Waals surface area contributed by atoms with Crippen LogP contribution in [0.4, 0.5) is 0 Å². The second-order valence-electron chi connectivity index (χ2n) is 5.08. The summed E-state index contributed by atoms with van der Waals surface area (Å²) in [6.07, 6.45) is 3.75. The van der Waals surface area contributed by atoms with Crippen molar-refractivity contribution in [1.82, 2.24) is 4.90 Å². The van der Waals surface area contributed by atoms with Crippen LogP contribution in [0, 0.1) is 11.8 Å². The Kier molecular flexibility index (Phi) is 8.96. The highest BCUT2D eigenvalue weighted by Gasteiger charge is 2.16. The smallest absolute Gasteiger partial charge is 0.0193 e. The first kappa shape index (κ1) is 15.9. The van der Waals surface area contributed by atoms with Gasteiger partial charge < -0.3 is 10.6 Å². The second kappa shape index (κ2) is 9.00. The van der Waals surface area contributed by atoms with Crippen LogP contribution >= 0.6 is 0 Å². The Balaban J connectivity index is 4.08. The molecule has 0 rings (SSSR count). The van der Waals surface area contributed by atoms with E-state index >= 15 is 0 Å². The molecule has 0 spiro atoms. The maximum Gasteiger partial charge on any atom is 0.0193 e. The molecule has 0 saturated carbocycles. The number of nitrogens with two attached hydrogens (primary N) is 1. The first-order valence-electron chi connectivity index (χ1n) is 7.06. The van der Waals surface area contributed by atoms with Gasteiger partial charge in [-0.1, -0.05) is 53.9 Å². The van der Waals surface area contributed by atoms with Crippen LogP contribution in [0.15, 0.2) is 0 Å². The van der Waals surface area contributed by atoms with Crippen molar-refractivity contribution in [3.8, 4) is 0 Å². The van der Waals surface area contributed by atoms with Crippen LogP contribution in [0.1, 0.15) is 53.9 Å². The molecule has 2 N–H and O–H groups in total. The summed E-state index contributed by atoms with van der Waals surface area (Å²) in [6, 6.07) is 0.333. The lowest BCUT2D eigenvalue weighted by Crippen LogP contribution is -2.43. The molecule has 0 aliphatic carbocycles. The van der Waals surface area contributed by atoms with Crippen molar-refractivity contribution in [1.29, 1.82) is 0 Å². The van der Waals surface area contributed by atoms with Crippen molar-refractivity contribution >= 4 is 0 Å². The Morgan fingerprint density at radius 2 is 1.50 bits per heavy atom. The van der Waals surface area contributed by atoms with Crippen molar-refractivity contribution in [2.45, 2.75) is 59.9 Å². The molecule has 0 aromatic carbocycles. The van der Waals surface area contributed by atoms with Gasteiger partial charge in [-0.25, -0.2) is 0 Å². The Morgan fingerprint density at radius 1 is 0.938 bits per heavy atom. The molecular weight excluding hydrogens is 196 g/mol. The molecule has 0 aromatic rings. The Morgan fingerprint density at radius 3 is 1.88 bits per heavy atom. The topological polar surface area (TPSA) is 29.3 Å². The van der Waals surface area contributed by atoms with Gasteiger partial charge in [-0.05, 0) is 18.4 Å². The fourth-order valence-electron chi connectivity index (χ4n) is 2.03. The van der Waals surface area contributed by atoms with E-state index in [1.165, 1.54) is 25.8 Å². The average molecular weight is 228 g/mol. The minimum absolute atomic E-state index is 0.333. The van der Waals surface area contributed by atoms with Gasteiger partial charge >= 0.3 is 0 Å². The zero-order chi connectivity index (χ0) is 12.6. The van der Waals surface area contributed by atoms with Crippen molar-refractivity contribution in [2.75, 3.05) is 19.6 Å². The van der Waals surface area contributed by atoms with E-state index < -0.39 is 0 Å². The van der Waals surface area contributed by atoms with E-state index in [9.17, 15) is 0 Å². The van der Waals surface area contributed by atoms with Gasteiger partial charge in [-0.3, -0.25) is 0 Å². The highest BCUT2D eigenvalue weighted by atomic mass is 15.1. The highest BCUT2D eigenvalue weighted by Crippen LogP contribution is 2.12. The molecule has 0 saturated heterocycles. The molecule has 0 aromatic heterocycles. The Labute approximate surface area is 103 Å². The molecule has 2 nitrogen and oxygen atoms in total. The van der Waals surface area contributed by atoms with Crippen LogP contribution in [0.5, 0.6) is 0 Å². The van der Waals surface area contributed by atoms with Gasteiger partial charge in [0.15, 0.2) is 0 Å². The molecule has 0 aliphatic heterocycles. The SMILES string of the molecule is CCC(CC)CN(CC)CC(N)C(C)CC. The predicted octanol–water partition coefficient (Wildman–Crippen LogP) is 3.12. The fourth-order valence-corrected chi connectivity index (χ4v) is 2.03. The zero-order valence-electron chi connectivity index (χ0n) is 12.0. The molecule has 0 aliphatic rings. The standard InChI is InChI=1S/C14H32N2/c1-6-12(5)14(15)11-16(9-4)10-13(7-2)8-3/h12-14H,6-11,15H2,1-5H3. The monoisotopic (exact) mass is 228 g/mol. The van der Waals surface area contributed by atoms with E-state index in [1.807, 2.05) is 0 Å². The third kappa shape index (κ3) is 5.86. The lowest BCUT2D eigenvalue weighted by molar-refractivity contribution is 0.204. The molecular formula is C14H32N2. The van der Waals surface area contributed by atoms with Crippen molar-refractivity contribution < 1.29 is 0 Å². The van der Waals surface area contributed by atoms with E-state index in [0.717, 1.165) is 19.0 Å². The summed E-state index contributed by atoms with van der Waals surface area (Å²) < 4.78 is 0. The van der Waals surface area contributed by atoms with Crippen LogP contribution in [-0.2, 0) is 0 Å². The lowest BCUT2D eigenvalue weighted by atomic mass is 9.98. The van der Waals surface area contributed by atoms with Gasteiger partial charge in [0, 0.05) is 19.1 Å². The minimum atomic E-state index is 0.333. The molecule has 2 atom stereocenters. The first-order valence-corrected chi connectivity index (χ1v) is 7.06. The number of hydrogen-bond donors (Lipinski definition) is 1. The number of nitrogens with zero attached hydrogens (tertiary/aromatic N) is 1. The maximum absolute atomic E-state index is 6.22. The molecule has 0 bridgehead atoms.